The minimum atomic E-state index is -0.207. The van der Waals surface area contributed by atoms with Gasteiger partial charge in [-0.1, -0.05) is 60.7 Å². The zero-order valence-electron chi connectivity index (χ0n) is 21.6. The number of para-hydroxylation sites is 1. The first-order chi connectivity index (χ1) is 17.8. The number of nitrogens with zero attached hydrogens (tertiary/aromatic N) is 1. The van der Waals surface area contributed by atoms with Crippen molar-refractivity contribution >= 4 is 28.9 Å². The molecular formula is C31H35N2O4+. The van der Waals surface area contributed by atoms with Crippen LogP contribution in [0.25, 0.3) is 0 Å². The van der Waals surface area contributed by atoms with E-state index in [2.05, 4.69) is 5.32 Å². The maximum Gasteiger partial charge on any atom is 0.303 e. The second-order valence-corrected chi connectivity index (χ2v) is 10.0. The first-order valence-corrected chi connectivity index (χ1v) is 12.9. The molecule has 6 rings (SSSR count). The lowest BCUT2D eigenvalue weighted by molar-refractivity contribution is -0.938. The van der Waals surface area contributed by atoms with E-state index in [0.29, 0.717) is 12.5 Å². The van der Waals surface area contributed by atoms with Crippen LogP contribution in [0.5, 0.6) is 0 Å². The van der Waals surface area contributed by atoms with E-state index in [4.69, 9.17) is 4.74 Å². The first kappa shape index (κ1) is 26.3. The molecule has 1 atom stereocenters. The van der Waals surface area contributed by atoms with E-state index in [-0.39, 0.29) is 23.6 Å². The fourth-order valence-electron chi connectivity index (χ4n) is 5.31. The lowest BCUT2D eigenvalue weighted by Gasteiger charge is -2.51. The van der Waals surface area contributed by atoms with E-state index in [1.54, 1.807) is 6.92 Å². The standard InChI is InChI=1S/C17H22NO3.C14H13NO/c1-13(19)21-17-12-18(9-7-15(17)8-10-18)11-16(20)14-5-3-2-4-6-14;1-11(16)12-6-5-9-14(10-12)15-13-7-3-2-4-8-13/h2-6,15,17H,7-12H2,1H3;2-10,15H,1H3/q+1;. The molecule has 6 heteroatoms. The van der Waals surface area contributed by atoms with Gasteiger partial charge in [-0.2, -0.15) is 0 Å². The van der Waals surface area contributed by atoms with Crippen molar-refractivity contribution in [2.75, 3.05) is 31.5 Å². The predicted molar refractivity (Wildman–Crippen MR) is 145 cm³/mol. The molecule has 3 heterocycles. The van der Waals surface area contributed by atoms with Crippen LogP contribution in [-0.2, 0) is 9.53 Å². The lowest BCUT2D eigenvalue weighted by atomic mass is 9.83. The summed E-state index contributed by atoms with van der Waals surface area (Å²) < 4.78 is 6.25. The number of carbonyl (C=O) groups excluding carboxylic acids is 3. The summed E-state index contributed by atoms with van der Waals surface area (Å²) in [5, 5.41) is 3.25. The number of rotatable bonds is 7. The number of anilines is 2. The summed E-state index contributed by atoms with van der Waals surface area (Å²) in [6.07, 6.45) is 2.11. The molecule has 37 heavy (non-hydrogen) atoms. The Morgan fingerprint density at radius 3 is 2.03 bits per heavy atom. The third kappa shape index (κ3) is 7.14. The van der Waals surface area contributed by atoms with Gasteiger partial charge >= 0.3 is 5.97 Å². The summed E-state index contributed by atoms with van der Waals surface area (Å²) in [4.78, 5) is 35.0. The van der Waals surface area contributed by atoms with Crippen molar-refractivity contribution in [3.63, 3.8) is 0 Å². The minimum absolute atomic E-state index is 0.00595. The van der Waals surface area contributed by atoms with Crippen molar-refractivity contribution in [3.05, 3.63) is 96.1 Å². The Balaban J connectivity index is 0.000000180. The van der Waals surface area contributed by atoms with Crippen LogP contribution in [-0.4, -0.2) is 54.3 Å². The average Bonchev–Trinajstić information content (AvgIpc) is 2.90. The van der Waals surface area contributed by atoms with Gasteiger partial charge in [0.1, 0.15) is 13.1 Å². The molecule has 3 aromatic rings. The zero-order chi connectivity index (χ0) is 26.3. The maximum absolute atomic E-state index is 12.5. The molecule has 3 saturated heterocycles. The number of ether oxygens (including phenoxy) is 1. The quantitative estimate of drug-likeness (QED) is 0.257. The molecule has 3 aromatic carbocycles. The molecule has 1 unspecified atom stereocenters. The van der Waals surface area contributed by atoms with E-state index in [1.807, 2.05) is 84.9 Å². The van der Waals surface area contributed by atoms with Crippen LogP contribution in [0.3, 0.4) is 0 Å². The summed E-state index contributed by atoms with van der Waals surface area (Å²) in [6, 6.07) is 26.9. The van der Waals surface area contributed by atoms with Crippen LogP contribution in [0, 0.1) is 5.92 Å². The summed E-state index contributed by atoms with van der Waals surface area (Å²) in [7, 11) is 0. The Kier molecular flexibility index (Phi) is 8.51. The fourth-order valence-corrected chi connectivity index (χ4v) is 5.31. The number of piperidine rings is 3. The highest BCUT2D eigenvalue weighted by molar-refractivity contribution is 5.97. The van der Waals surface area contributed by atoms with Crippen molar-refractivity contribution < 1.29 is 23.6 Å². The fraction of sp³-hybridized carbons (Fsp3) is 0.323. The molecule has 2 bridgehead atoms. The number of hydrogen-bond acceptors (Lipinski definition) is 5. The van der Waals surface area contributed by atoms with Gasteiger partial charge in [-0.25, -0.2) is 0 Å². The molecule has 0 saturated carbocycles. The van der Waals surface area contributed by atoms with Crippen molar-refractivity contribution in [1.29, 1.82) is 0 Å². The van der Waals surface area contributed by atoms with E-state index >= 15 is 0 Å². The van der Waals surface area contributed by atoms with Crippen molar-refractivity contribution in [2.24, 2.45) is 5.92 Å². The first-order valence-electron chi connectivity index (χ1n) is 12.9. The van der Waals surface area contributed by atoms with Crippen molar-refractivity contribution in [2.45, 2.75) is 32.8 Å². The van der Waals surface area contributed by atoms with Gasteiger partial charge in [0.2, 0.25) is 5.78 Å². The van der Waals surface area contributed by atoms with Crippen LogP contribution >= 0.6 is 0 Å². The van der Waals surface area contributed by atoms with Crippen molar-refractivity contribution in [3.8, 4) is 0 Å². The van der Waals surface area contributed by atoms with Crippen LogP contribution < -0.4 is 5.32 Å². The lowest BCUT2D eigenvalue weighted by Crippen LogP contribution is -2.65. The normalized spacial score (nSPS) is 21.8. The Labute approximate surface area is 218 Å². The maximum atomic E-state index is 12.5. The van der Waals surface area contributed by atoms with Gasteiger partial charge in [-0.3, -0.25) is 14.4 Å². The van der Waals surface area contributed by atoms with Crippen LogP contribution in [0.15, 0.2) is 84.9 Å². The largest absolute Gasteiger partial charge is 0.456 e. The SMILES string of the molecule is CC(=O)OC1C[N+]2(CC(=O)c3ccccc3)CCC1CC2.CC(=O)c1cccc(Nc2ccccc2)c1. The van der Waals surface area contributed by atoms with Crippen molar-refractivity contribution in [1.82, 2.24) is 0 Å². The van der Waals surface area contributed by atoms with E-state index < -0.39 is 0 Å². The van der Waals surface area contributed by atoms with Crippen LogP contribution in [0.4, 0.5) is 11.4 Å². The minimum Gasteiger partial charge on any atom is -0.456 e. The van der Waals surface area contributed by atoms with Gasteiger partial charge in [0.05, 0.1) is 13.1 Å². The highest BCUT2D eigenvalue weighted by atomic mass is 16.5. The number of benzene rings is 3. The number of esters is 1. The second-order valence-electron chi connectivity index (χ2n) is 10.0. The second kappa shape index (κ2) is 12.0. The van der Waals surface area contributed by atoms with E-state index in [9.17, 15) is 14.4 Å². The van der Waals surface area contributed by atoms with Gasteiger partial charge in [0, 0.05) is 48.2 Å². The molecule has 0 spiro atoms. The van der Waals surface area contributed by atoms with Crippen LogP contribution in [0.1, 0.15) is 47.4 Å². The number of carbonyl (C=O) groups is 3. The molecule has 0 aromatic heterocycles. The summed E-state index contributed by atoms with van der Waals surface area (Å²) in [5.41, 5.74) is 3.45. The third-order valence-corrected chi connectivity index (χ3v) is 7.27. The van der Waals surface area contributed by atoms with Crippen LogP contribution in [0.2, 0.25) is 0 Å². The molecule has 1 N–H and O–H groups in total. The third-order valence-electron chi connectivity index (χ3n) is 7.27. The monoisotopic (exact) mass is 499 g/mol. The number of ketones is 2. The molecule has 3 fully saturated rings. The predicted octanol–water partition coefficient (Wildman–Crippen LogP) is 5.67. The summed E-state index contributed by atoms with van der Waals surface area (Å²) in [6.45, 7) is 6.41. The zero-order valence-corrected chi connectivity index (χ0v) is 21.6. The molecule has 0 aliphatic carbocycles. The van der Waals surface area contributed by atoms with E-state index in [1.165, 1.54) is 6.92 Å². The van der Waals surface area contributed by atoms with Gasteiger partial charge in [-0.05, 0) is 31.2 Å². The highest BCUT2D eigenvalue weighted by Crippen LogP contribution is 2.35. The topological polar surface area (TPSA) is 72.5 Å². The van der Waals surface area contributed by atoms with E-state index in [0.717, 1.165) is 59.5 Å². The van der Waals surface area contributed by atoms with Gasteiger partial charge in [0.25, 0.3) is 0 Å². The smallest absolute Gasteiger partial charge is 0.303 e. The van der Waals surface area contributed by atoms with Gasteiger partial charge in [-0.15, -0.1) is 0 Å². The Morgan fingerprint density at radius 2 is 1.41 bits per heavy atom. The summed E-state index contributed by atoms with van der Waals surface area (Å²) in [5.74, 6) is 0.552. The molecule has 6 nitrogen and oxygen atoms in total. The molecule has 192 valence electrons. The van der Waals surface area contributed by atoms with Gasteiger partial charge < -0.3 is 14.5 Å². The number of quaternary nitrogens is 1. The summed E-state index contributed by atoms with van der Waals surface area (Å²) >= 11 is 0. The highest BCUT2D eigenvalue weighted by Gasteiger charge is 2.48. The number of fused-ring (bicyclic) bond motifs is 3. The molecular weight excluding hydrogens is 464 g/mol. The molecule has 3 aliphatic rings. The molecule has 3 aliphatic heterocycles. The Morgan fingerprint density at radius 1 is 0.811 bits per heavy atom. The molecule has 0 radical (unpaired) electrons. The van der Waals surface area contributed by atoms with Gasteiger partial charge in [0.15, 0.2) is 11.9 Å². The number of hydrogen-bond donors (Lipinski definition) is 1. The average molecular weight is 500 g/mol. The Bertz CT molecular complexity index is 1220. The number of Topliss-reactive ketones (excluding diaryl/α,β-unsaturated/α-hetero) is 2. The number of nitrogens with one attached hydrogen (secondary N) is 1. The molecule has 0 amide bonds. The Hall–Kier alpha value is -3.77.